The van der Waals surface area contributed by atoms with Crippen molar-refractivity contribution < 1.29 is 14.3 Å². The molecular formula is C31H30N2O3. The van der Waals surface area contributed by atoms with Crippen molar-refractivity contribution in [2.24, 2.45) is 11.8 Å². The molecule has 5 atom stereocenters. The van der Waals surface area contributed by atoms with Crippen LogP contribution < -0.4 is 4.74 Å². The van der Waals surface area contributed by atoms with Gasteiger partial charge >= 0.3 is 5.97 Å². The summed E-state index contributed by atoms with van der Waals surface area (Å²) in [5.41, 5.74) is 2.42. The van der Waals surface area contributed by atoms with Crippen molar-refractivity contribution in [1.29, 1.82) is 0 Å². The van der Waals surface area contributed by atoms with Crippen molar-refractivity contribution in [3.63, 3.8) is 0 Å². The first-order valence-electron chi connectivity index (χ1n) is 12.6. The highest BCUT2D eigenvalue weighted by Gasteiger charge is 2.44. The number of carbonyl (C=O) groups is 1. The Bertz CT molecular complexity index is 1440. The third kappa shape index (κ3) is 3.94. The van der Waals surface area contributed by atoms with Gasteiger partial charge in [0.25, 0.3) is 0 Å². The Kier molecular flexibility index (Phi) is 5.94. The highest BCUT2D eigenvalue weighted by Crippen LogP contribution is 2.44. The van der Waals surface area contributed by atoms with Gasteiger partial charge in [-0.2, -0.15) is 0 Å². The normalized spacial score (nSPS) is 23.9. The van der Waals surface area contributed by atoms with E-state index in [1.54, 1.807) is 7.11 Å². The minimum atomic E-state index is -0.428. The number of hydrogen-bond donors (Lipinski definition) is 0. The number of benzene rings is 3. The lowest BCUT2D eigenvalue weighted by Crippen LogP contribution is -2.55. The molecule has 36 heavy (non-hydrogen) atoms. The maximum Gasteiger partial charge on any atom is 0.339 e. The van der Waals surface area contributed by atoms with E-state index in [0.717, 1.165) is 58.9 Å². The summed E-state index contributed by atoms with van der Waals surface area (Å²) in [4.78, 5) is 20.8. The van der Waals surface area contributed by atoms with Crippen LogP contribution in [0.1, 0.15) is 34.9 Å². The van der Waals surface area contributed by atoms with Crippen LogP contribution in [0.2, 0.25) is 0 Å². The first-order valence-corrected chi connectivity index (χ1v) is 12.6. The van der Waals surface area contributed by atoms with E-state index in [1.807, 2.05) is 72.9 Å². The van der Waals surface area contributed by atoms with Crippen LogP contribution in [0, 0.1) is 11.8 Å². The molecule has 0 radical (unpaired) electrons. The van der Waals surface area contributed by atoms with E-state index >= 15 is 0 Å². The quantitative estimate of drug-likeness (QED) is 0.244. The zero-order chi connectivity index (χ0) is 24.6. The topological polar surface area (TPSA) is 51.7 Å². The Morgan fingerprint density at radius 2 is 1.97 bits per heavy atom. The number of pyridine rings is 1. The number of carbonyl (C=O) groups excluding carboxylic acids is 1. The molecular weight excluding hydrogens is 448 g/mol. The van der Waals surface area contributed by atoms with Crippen LogP contribution in [0.4, 0.5) is 0 Å². The average Bonchev–Trinajstić information content (AvgIpc) is 2.95. The third-order valence-electron chi connectivity index (χ3n) is 8.04. The molecule has 4 aromatic rings. The molecule has 3 aromatic carbocycles. The van der Waals surface area contributed by atoms with Crippen molar-refractivity contribution in [2.75, 3.05) is 20.2 Å². The highest BCUT2D eigenvalue weighted by molar-refractivity contribution is 6.04. The predicted molar refractivity (Wildman–Crippen MR) is 142 cm³/mol. The summed E-state index contributed by atoms with van der Waals surface area (Å²) in [5, 5.41) is 2.88. The molecule has 0 aliphatic carbocycles. The maximum atomic E-state index is 13.8. The Hall–Kier alpha value is -3.70. The fourth-order valence-corrected chi connectivity index (χ4v) is 6.15. The van der Waals surface area contributed by atoms with Gasteiger partial charge in [0.2, 0.25) is 0 Å². The largest absolute Gasteiger partial charge is 0.497 e. The molecule has 4 heterocycles. The first-order chi connectivity index (χ1) is 17.7. The van der Waals surface area contributed by atoms with Gasteiger partial charge in [0, 0.05) is 23.7 Å². The third-order valence-corrected chi connectivity index (χ3v) is 8.04. The number of fused-ring (bicyclic) bond motifs is 5. The van der Waals surface area contributed by atoms with Crippen LogP contribution in [0.5, 0.6) is 5.75 Å². The van der Waals surface area contributed by atoms with Crippen LogP contribution in [-0.2, 0) is 4.74 Å². The molecule has 182 valence electrons. The molecule has 5 nitrogen and oxygen atoms in total. The second-order valence-electron chi connectivity index (χ2n) is 9.88. The number of esters is 1. The zero-order valence-corrected chi connectivity index (χ0v) is 20.5. The van der Waals surface area contributed by atoms with Gasteiger partial charge in [-0.1, -0.05) is 42.5 Å². The molecule has 2 bridgehead atoms. The molecule has 3 saturated heterocycles. The number of rotatable bonds is 6. The average molecular weight is 479 g/mol. The molecule has 3 aliphatic heterocycles. The Labute approximate surface area is 211 Å². The van der Waals surface area contributed by atoms with E-state index in [0.29, 0.717) is 17.4 Å². The summed E-state index contributed by atoms with van der Waals surface area (Å²) in [7, 11) is 1.66. The molecule has 0 saturated carbocycles. The fourth-order valence-electron chi connectivity index (χ4n) is 6.15. The van der Waals surface area contributed by atoms with Gasteiger partial charge < -0.3 is 9.47 Å². The summed E-state index contributed by atoms with van der Waals surface area (Å²) in [6.45, 7) is 6.03. The molecule has 0 spiro atoms. The van der Waals surface area contributed by atoms with Crippen molar-refractivity contribution >= 4 is 27.6 Å². The zero-order valence-electron chi connectivity index (χ0n) is 20.5. The summed E-state index contributed by atoms with van der Waals surface area (Å²) in [6, 6.07) is 21.7. The second-order valence-corrected chi connectivity index (χ2v) is 9.88. The molecule has 5 heteroatoms. The van der Waals surface area contributed by atoms with Gasteiger partial charge in [-0.25, -0.2) is 4.79 Å². The lowest BCUT2D eigenvalue weighted by molar-refractivity contribution is -0.0567. The lowest BCUT2D eigenvalue weighted by Gasteiger charge is -2.51. The van der Waals surface area contributed by atoms with Gasteiger partial charge in [-0.05, 0) is 72.3 Å². The minimum Gasteiger partial charge on any atom is -0.497 e. The Morgan fingerprint density at radius 1 is 1.11 bits per heavy atom. The van der Waals surface area contributed by atoms with Crippen molar-refractivity contribution in [3.05, 3.63) is 96.7 Å². The summed E-state index contributed by atoms with van der Waals surface area (Å²) >= 11 is 0. The van der Waals surface area contributed by atoms with Gasteiger partial charge in [0.1, 0.15) is 11.9 Å². The smallest absolute Gasteiger partial charge is 0.339 e. The first kappa shape index (κ1) is 22.7. The molecule has 7 rings (SSSR count). The molecule has 1 unspecified atom stereocenters. The number of ether oxygens (including phenoxy) is 2. The SMILES string of the molecule is C=C[C@H]1CN2CC[C@H]1C[C@@H]2[C@@H](OC(=O)c1cccc2ccccc12)c1ccnc2ccc(OC)cc12. The van der Waals surface area contributed by atoms with Crippen LogP contribution >= 0.6 is 0 Å². The Balaban J connectivity index is 1.44. The molecule has 3 aliphatic rings. The van der Waals surface area contributed by atoms with E-state index < -0.39 is 6.10 Å². The van der Waals surface area contributed by atoms with E-state index in [2.05, 4.69) is 22.5 Å². The summed E-state index contributed by atoms with van der Waals surface area (Å²) < 4.78 is 12.0. The van der Waals surface area contributed by atoms with Crippen LogP contribution in [0.15, 0.2) is 85.6 Å². The molecule has 1 aromatic heterocycles. The van der Waals surface area contributed by atoms with E-state index in [-0.39, 0.29) is 12.0 Å². The summed E-state index contributed by atoms with van der Waals surface area (Å²) in [5.74, 6) is 1.50. The van der Waals surface area contributed by atoms with E-state index in [9.17, 15) is 4.79 Å². The van der Waals surface area contributed by atoms with Crippen LogP contribution in [0.25, 0.3) is 21.7 Å². The monoisotopic (exact) mass is 478 g/mol. The van der Waals surface area contributed by atoms with Crippen LogP contribution in [0.3, 0.4) is 0 Å². The summed E-state index contributed by atoms with van der Waals surface area (Å²) in [6.07, 6.45) is 5.60. The van der Waals surface area contributed by atoms with Gasteiger partial charge in [-0.3, -0.25) is 9.88 Å². The molecule has 0 amide bonds. The van der Waals surface area contributed by atoms with Crippen molar-refractivity contribution in [2.45, 2.75) is 25.0 Å². The van der Waals surface area contributed by atoms with E-state index in [4.69, 9.17) is 9.47 Å². The predicted octanol–water partition coefficient (Wildman–Crippen LogP) is 6.19. The maximum absolute atomic E-state index is 13.8. The fraction of sp³-hybridized carbons (Fsp3) is 0.290. The number of methoxy groups -OCH3 is 1. The highest BCUT2D eigenvalue weighted by atomic mass is 16.5. The minimum absolute atomic E-state index is 0.0932. The second kappa shape index (κ2) is 9.40. The lowest BCUT2D eigenvalue weighted by atomic mass is 9.73. The van der Waals surface area contributed by atoms with Gasteiger partial charge in [0.05, 0.1) is 24.2 Å². The number of aromatic nitrogens is 1. The van der Waals surface area contributed by atoms with Gasteiger partial charge in [-0.15, -0.1) is 6.58 Å². The Morgan fingerprint density at radius 3 is 2.78 bits per heavy atom. The van der Waals surface area contributed by atoms with Gasteiger partial charge in [0.15, 0.2) is 0 Å². The number of hydrogen-bond acceptors (Lipinski definition) is 5. The van der Waals surface area contributed by atoms with Crippen molar-refractivity contribution in [3.8, 4) is 5.75 Å². The molecule has 3 fully saturated rings. The van der Waals surface area contributed by atoms with Crippen LogP contribution in [-0.4, -0.2) is 42.1 Å². The number of nitrogens with zero attached hydrogens (tertiary/aromatic N) is 2. The molecule has 0 N–H and O–H groups in total. The standard InChI is InChI=1S/C31H30N2O3/c1-3-20-19-33-16-14-22(20)17-29(33)30(25-13-15-32-28-12-11-23(35-2)18-27(25)28)36-31(34)26-10-6-8-21-7-4-5-9-24(21)26/h3-13,15,18,20,22,29-30H,1,14,16-17,19H2,2H3/t20-,22-,29+,30-/m0/s1. The van der Waals surface area contributed by atoms with Crippen molar-refractivity contribution in [1.82, 2.24) is 9.88 Å². The van der Waals surface area contributed by atoms with E-state index in [1.165, 1.54) is 0 Å². The number of piperidine rings is 3.